The minimum atomic E-state index is -1.30. The predicted octanol–water partition coefficient (Wildman–Crippen LogP) is -2.59. The van der Waals surface area contributed by atoms with E-state index in [9.17, 15) is 9.90 Å². The number of aromatic carboxylic acids is 1. The molecule has 0 saturated heterocycles. The fourth-order valence-electron chi connectivity index (χ4n) is 0.424. The molecular formula is C5H2BrO3Rb. The molecule has 0 aliphatic carbocycles. The van der Waals surface area contributed by atoms with E-state index in [-0.39, 0.29) is 63.9 Å². The maximum atomic E-state index is 9.99. The Balaban J connectivity index is 0.000000810. The van der Waals surface area contributed by atoms with E-state index in [1.807, 2.05) is 0 Å². The second kappa shape index (κ2) is 4.82. The van der Waals surface area contributed by atoms with Crippen LogP contribution in [0.4, 0.5) is 0 Å². The Morgan fingerprint density at radius 3 is 2.40 bits per heavy atom. The maximum Gasteiger partial charge on any atom is 1.00 e. The quantitative estimate of drug-likeness (QED) is 0.565. The molecule has 0 aromatic carbocycles. The second-order valence-corrected chi connectivity index (χ2v) is 2.17. The average molecular weight is 275 g/mol. The largest absolute Gasteiger partial charge is 1.00 e. The van der Waals surface area contributed by atoms with Crippen molar-refractivity contribution in [1.82, 2.24) is 0 Å². The van der Waals surface area contributed by atoms with Gasteiger partial charge < -0.3 is 14.3 Å². The molecule has 10 heavy (non-hydrogen) atoms. The van der Waals surface area contributed by atoms with Crippen molar-refractivity contribution in [3.8, 4) is 0 Å². The normalized spacial score (nSPS) is 8.50. The molecule has 0 N–H and O–H groups in total. The summed E-state index contributed by atoms with van der Waals surface area (Å²) in [5.74, 6) is -1.47. The van der Waals surface area contributed by atoms with E-state index in [1.54, 1.807) is 0 Å². The van der Waals surface area contributed by atoms with Crippen LogP contribution in [0.2, 0.25) is 0 Å². The molecule has 0 bridgehead atoms. The smallest absolute Gasteiger partial charge is 0.542 e. The SMILES string of the molecule is O=C([O-])c1ccc(Br)o1.[Rb+]. The zero-order chi connectivity index (χ0) is 6.85. The summed E-state index contributed by atoms with van der Waals surface area (Å²) in [6.45, 7) is 0. The van der Waals surface area contributed by atoms with Crippen molar-refractivity contribution in [1.29, 1.82) is 0 Å². The first-order valence-corrected chi connectivity index (χ1v) is 2.96. The van der Waals surface area contributed by atoms with Gasteiger partial charge in [-0.05, 0) is 28.1 Å². The molecule has 0 fully saturated rings. The zero-order valence-electron chi connectivity index (χ0n) is 5.26. The van der Waals surface area contributed by atoms with Crippen molar-refractivity contribution >= 4 is 21.9 Å². The third-order valence-electron chi connectivity index (χ3n) is 0.774. The van der Waals surface area contributed by atoms with Crippen LogP contribution in [-0.4, -0.2) is 5.97 Å². The molecule has 48 valence electrons. The topological polar surface area (TPSA) is 53.3 Å². The summed E-state index contributed by atoms with van der Waals surface area (Å²) in [5, 5.41) is 9.99. The van der Waals surface area contributed by atoms with Gasteiger partial charge in [0.15, 0.2) is 10.4 Å². The summed E-state index contributed by atoms with van der Waals surface area (Å²) in [7, 11) is 0. The van der Waals surface area contributed by atoms with E-state index in [2.05, 4.69) is 20.3 Å². The summed E-state index contributed by atoms with van der Waals surface area (Å²) in [4.78, 5) is 9.99. The molecule has 0 aliphatic heterocycles. The van der Waals surface area contributed by atoms with Gasteiger partial charge in [0.2, 0.25) is 0 Å². The molecule has 0 amide bonds. The minimum absolute atomic E-state index is 0. The molecule has 0 radical (unpaired) electrons. The van der Waals surface area contributed by atoms with Crippen LogP contribution in [0.25, 0.3) is 0 Å². The summed E-state index contributed by atoms with van der Waals surface area (Å²) < 4.78 is 4.99. The summed E-state index contributed by atoms with van der Waals surface area (Å²) in [5.41, 5.74) is 0. The van der Waals surface area contributed by atoms with Crippen LogP contribution < -0.4 is 63.3 Å². The van der Waals surface area contributed by atoms with E-state index >= 15 is 0 Å². The van der Waals surface area contributed by atoms with E-state index < -0.39 is 5.97 Å². The standard InChI is InChI=1S/C5H3BrO3.Rb/c6-4-2-1-3(9-4)5(7)8;/h1-2H,(H,7,8);/q;+1/p-1. The molecular weight excluding hydrogens is 273 g/mol. The number of carboxylic acid groups (broad SMARTS) is 1. The first kappa shape index (κ1) is 11.0. The van der Waals surface area contributed by atoms with Crippen LogP contribution in [0.15, 0.2) is 21.2 Å². The molecule has 0 spiro atoms. The molecule has 1 heterocycles. The number of carboxylic acids is 1. The van der Waals surface area contributed by atoms with E-state index in [4.69, 9.17) is 0 Å². The van der Waals surface area contributed by atoms with Gasteiger partial charge in [-0.3, -0.25) is 0 Å². The third-order valence-corrected chi connectivity index (χ3v) is 1.20. The molecule has 1 rings (SSSR count). The van der Waals surface area contributed by atoms with Gasteiger partial charge in [0, 0.05) is 0 Å². The van der Waals surface area contributed by atoms with Gasteiger partial charge in [-0.15, -0.1) is 0 Å². The van der Waals surface area contributed by atoms with Crippen LogP contribution in [0, 0.1) is 0 Å². The van der Waals surface area contributed by atoms with Crippen LogP contribution in [0.5, 0.6) is 0 Å². The zero-order valence-corrected chi connectivity index (χ0v) is 11.8. The van der Waals surface area contributed by atoms with E-state index in [0.29, 0.717) is 4.67 Å². The van der Waals surface area contributed by atoms with E-state index in [0.717, 1.165) is 0 Å². The van der Waals surface area contributed by atoms with Gasteiger partial charge >= 0.3 is 58.2 Å². The monoisotopic (exact) mass is 274 g/mol. The van der Waals surface area contributed by atoms with Gasteiger partial charge in [-0.25, -0.2) is 0 Å². The number of carbonyl (C=O) groups excluding carboxylic acids is 1. The molecule has 1 aromatic heterocycles. The number of rotatable bonds is 1. The Hall–Kier alpha value is 1.04. The fourth-order valence-corrected chi connectivity index (χ4v) is 0.731. The number of halogens is 1. The number of carbonyl (C=O) groups is 1. The van der Waals surface area contributed by atoms with Crippen molar-refractivity contribution in [2.75, 3.05) is 0 Å². The van der Waals surface area contributed by atoms with Crippen molar-refractivity contribution in [2.24, 2.45) is 0 Å². The Labute approximate surface area is 115 Å². The van der Waals surface area contributed by atoms with Crippen molar-refractivity contribution in [3.63, 3.8) is 0 Å². The third kappa shape index (κ3) is 2.96. The number of hydrogen-bond acceptors (Lipinski definition) is 3. The predicted molar refractivity (Wildman–Crippen MR) is 30.7 cm³/mol. The Morgan fingerprint density at radius 1 is 1.60 bits per heavy atom. The second-order valence-electron chi connectivity index (χ2n) is 1.39. The molecule has 5 heteroatoms. The molecule has 0 saturated carbocycles. The van der Waals surface area contributed by atoms with Gasteiger partial charge in [0.05, 0.1) is 0 Å². The first-order chi connectivity index (χ1) is 4.20. The Bertz CT molecular complexity index is 233. The van der Waals surface area contributed by atoms with Gasteiger partial charge in [-0.2, -0.15) is 0 Å². The molecule has 0 atom stereocenters. The maximum absolute atomic E-state index is 9.99. The molecule has 1 aromatic rings. The average Bonchev–Trinajstić information content (AvgIpc) is 2.14. The van der Waals surface area contributed by atoms with Gasteiger partial charge in [0.25, 0.3) is 0 Å². The van der Waals surface area contributed by atoms with Crippen LogP contribution in [0.3, 0.4) is 0 Å². The van der Waals surface area contributed by atoms with E-state index in [1.165, 1.54) is 12.1 Å². The van der Waals surface area contributed by atoms with Crippen molar-refractivity contribution in [3.05, 3.63) is 22.6 Å². The summed E-state index contributed by atoms with van der Waals surface area (Å²) >= 11 is 2.94. The van der Waals surface area contributed by atoms with Crippen LogP contribution in [-0.2, 0) is 0 Å². The van der Waals surface area contributed by atoms with Crippen LogP contribution >= 0.6 is 15.9 Å². The van der Waals surface area contributed by atoms with Crippen molar-refractivity contribution in [2.45, 2.75) is 0 Å². The number of furan rings is 1. The summed E-state index contributed by atoms with van der Waals surface area (Å²) in [6.07, 6.45) is 0. The van der Waals surface area contributed by atoms with Crippen molar-refractivity contribution < 1.29 is 72.5 Å². The molecule has 0 aliphatic rings. The minimum Gasteiger partial charge on any atom is -0.542 e. The first-order valence-electron chi connectivity index (χ1n) is 2.17. The Kier molecular flexibility index (Phi) is 5.32. The number of hydrogen-bond donors (Lipinski definition) is 0. The molecule has 0 unspecified atom stereocenters. The van der Waals surface area contributed by atoms with Gasteiger partial charge in [0.1, 0.15) is 5.97 Å². The fraction of sp³-hybridized carbons (Fsp3) is 0. The Morgan fingerprint density at radius 2 is 2.20 bits per heavy atom. The summed E-state index contributed by atoms with van der Waals surface area (Å²) in [6, 6.07) is 2.81. The van der Waals surface area contributed by atoms with Gasteiger partial charge in [-0.1, -0.05) is 0 Å². The molecule has 3 nitrogen and oxygen atoms in total. The van der Waals surface area contributed by atoms with Crippen LogP contribution in [0.1, 0.15) is 10.6 Å².